The van der Waals surface area contributed by atoms with E-state index in [1.54, 1.807) is 88.5 Å². The van der Waals surface area contributed by atoms with Crippen LogP contribution in [0.2, 0.25) is 0 Å². The van der Waals surface area contributed by atoms with Gasteiger partial charge in [0.2, 0.25) is 112 Å². The first-order valence-electron chi connectivity index (χ1n) is 46.2. The highest BCUT2D eigenvalue weighted by Gasteiger charge is 2.44. The van der Waals surface area contributed by atoms with E-state index in [0.29, 0.717) is 27.6 Å². The molecule has 18 atom stereocenters. The van der Waals surface area contributed by atoms with Crippen LogP contribution in [0.4, 0.5) is 0 Å². The van der Waals surface area contributed by atoms with Gasteiger partial charge in [-0.3, -0.25) is 95.9 Å². The van der Waals surface area contributed by atoms with Gasteiger partial charge in [0.05, 0.1) is 36.2 Å². The molecule has 23 N–H and O–H groups in total. The van der Waals surface area contributed by atoms with Gasteiger partial charge in [0, 0.05) is 88.0 Å². The molecule has 15 amide bonds. The molecule has 752 valence electrons. The van der Waals surface area contributed by atoms with Crippen molar-refractivity contribution in [2.45, 2.75) is 302 Å². The van der Waals surface area contributed by atoms with Gasteiger partial charge in [-0.2, -0.15) is 0 Å². The van der Waals surface area contributed by atoms with E-state index in [-0.39, 0.29) is 94.8 Å². The molecule has 1 aliphatic rings. The van der Waals surface area contributed by atoms with Gasteiger partial charge in [0.25, 0.3) is 0 Å². The third kappa shape index (κ3) is 37.7. The molecule has 5 rings (SSSR count). The van der Waals surface area contributed by atoms with E-state index in [2.05, 4.69) is 108 Å². The number of aliphatic hydroxyl groups is 1. The van der Waals surface area contributed by atoms with Crippen LogP contribution in [0.5, 0.6) is 5.75 Å². The van der Waals surface area contributed by atoms with Crippen molar-refractivity contribution in [3.05, 3.63) is 102 Å². The van der Waals surface area contributed by atoms with Crippen molar-refractivity contribution in [2.75, 3.05) is 13.1 Å². The number of rotatable bonds is 39. The number of Topliss-reactive ketones (excluding diaryl/α,β-unsaturated/α-hetero) is 4. The molecule has 4 unspecified atom stereocenters. The summed E-state index contributed by atoms with van der Waals surface area (Å²) < 4.78 is 0. The molecule has 138 heavy (non-hydrogen) atoms. The molecule has 0 spiro atoms. The van der Waals surface area contributed by atoms with Crippen molar-refractivity contribution in [1.29, 1.82) is 0 Å². The highest BCUT2D eigenvalue weighted by Crippen LogP contribution is 2.25. The van der Waals surface area contributed by atoms with Crippen molar-refractivity contribution in [3.8, 4) is 29.4 Å². The summed E-state index contributed by atoms with van der Waals surface area (Å²) >= 11 is 0. The normalized spacial score (nSPS) is 21.4. The Labute approximate surface area is 802 Å². The average molecular weight is 1920 g/mol. The number of phenols is 1. The van der Waals surface area contributed by atoms with Crippen LogP contribution in [-0.4, -0.2) is 247 Å². The van der Waals surface area contributed by atoms with Crippen LogP contribution < -0.4 is 91.2 Å². The SMILES string of the molecule is CC(=O)N[C@@H](CC(C)C)C(=O)N[C@H](C(=O)N[C@@H](Cc1ccccc1)C(=O)N[C@@]1(C)CCCCC#CC#CCCC[C@@](C)(C(=O)NC(C)C(=O)N[C@@H](C)C(=O)NC(C)C(=O)N[C@@H](C)C(=O)C(=O)[C@H](C)NC[C@H](C)C(N)=O)NC(=O)[C@H](CC(C)C)CN[C@@H](CCC(N)=O)C(=O)C(=O)C(C)NC(=O)[C@H](Cc2c[nH]c3ccccc23)NC(=O)C(Cc2ccc(O)cc2)NC(=O)[C@H](CCC(=O)O)NC1=O)[C@@H](C)O. The molecular formula is C97H136N18O23. The number of nitrogens with one attached hydrogen (secondary N) is 16. The summed E-state index contributed by atoms with van der Waals surface area (Å²) in [6.45, 7) is 21.0. The van der Waals surface area contributed by atoms with Gasteiger partial charge in [-0.25, -0.2) is 0 Å². The van der Waals surface area contributed by atoms with Crippen molar-refractivity contribution >= 4 is 129 Å². The Kier molecular flexibility index (Phi) is 46.1. The first-order valence-corrected chi connectivity index (χ1v) is 46.2. The Morgan fingerprint density at radius 1 is 0.536 bits per heavy atom. The molecule has 2 heterocycles. The fourth-order valence-corrected chi connectivity index (χ4v) is 14.9. The van der Waals surface area contributed by atoms with Crippen LogP contribution in [-0.2, 0) is 115 Å². The predicted molar refractivity (Wildman–Crippen MR) is 507 cm³/mol. The molecule has 0 radical (unpaired) electrons. The average Bonchev–Trinajstić information content (AvgIpc) is 1.72. The monoisotopic (exact) mass is 1920 g/mol. The highest BCUT2D eigenvalue weighted by molar-refractivity contribution is 6.41. The summed E-state index contributed by atoms with van der Waals surface area (Å²) in [4.78, 5) is 283. The summed E-state index contributed by atoms with van der Waals surface area (Å²) in [6.07, 6.45) is -3.41. The summed E-state index contributed by atoms with van der Waals surface area (Å²) in [5.74, 6) is -10.7. The molecule has 0 aliphatic carbocycles. The van der Waals surface area contributed by atoms with Gasteiger partial charge in [-0.15, -0.1) is 0 Å². The van der Waals surface area contributed by atoms with Gasteiger partial charge < -0.3 is 112 Å². The van der Waals surface area contributed by atoms with Crippen molar-refractivity contribution in [3.63, 3.8) is 0 Å². The maximum Gasteiger partial charge on any atom is 0.303 e. The number of aliphatic hydroxyl groups excluding tert-OH is 1. The highest BCUT2D eigenvalue weighted by atomic mass is 16.4. The number of aliphatic carboxylic acids is 1. The van der Waals surface area contributed by atoms with Gasteiger partial charge >= 0.3 is 5.97 Å². The number of carbonyl (C=O) groups is 20. The number of nitrogens with two attached hydrogens (primary N) is 2. The molecule has 4 aromatic rings. The number of ketones is 4. The Bertz CT molecular complexity index is 5150. The van der Waals surface area contributed by atoms with E-state index < -0.39 is 264 Å². The lowest BCUT2D eigenvalue weighted by Crippen LogP contribution is -2.65. The van der Waals surface area contributed by atoms with Crippen LogP contribution >= 0.6 is 0 Å². The molecule has 0 fully saturated rings. The number of primary amides is 2. The fourth-order valence-electron chi connectivity index (χ4n) is 14.9. The number of fused-ring (bicyclic) bond motifs is 1. The number of carbonyl (C=O) groups excluding carboxylic acids is 19. The summed E-state index contributed by atoms with van der Waals surface area (Å²) in [5, 5.41) is 71.5. The molecule has 1 aromatic heterocycles. The molecular weight excluding hydrogens is 1790 g/mol. The zero-order valence-electron chi connectivity index (χ0n) is 80.9. The zero-order valence-corrected chi connectivity index (χ0v) is 80.9. The first-order chi connectivity index (χ1) is 64.8. The van der Waals surface area contributed by atoms with Gasteiger partial charge in [-0.05, 0) is 179 Å². The van der Waals surface area contributed by atoms with E-state index in [1.165, 1.54) is 100 Å². The number of hydrogen-bond acceptors (Lipinski definition) is 24. The fraction of sp³-hybridized carbons (Fsp3) is 0.546. The smallest absolute Gasteiger partial charge is 0.303 e. The number of aromatic amines is 1. The number of phenolic OH excluding ortho intramolecular Hbond substituents is 1. The number of carboxylic acids is 1. The number of aromatic hydroxyl groups is 1. The number of H-pyrrole nitrogens is 1. The van der Waals surface area contributed by atoms with Crippen molar-refractivity contribution in [1.82, 2.24) is 84.7 Å². The van der Waals surface area contributed by atoms with E-state index >= 15 is 28.8 Å². The lowest BCUT2D eigenvalue weighted by molar-refractivity contribution is -0.140. The van der Waals surface area contributed by atoms with E-state index in [9.17, 15) is 82.4 Å². The maximum absolute atomic E-state index is 15.5. The van der Waals surface area contributed by atoms with Gasteiger partial charge in [-0.1, -0.05) is 107 Å². The van der Waals surface area contributed by atoms with Crippen LogP contribution in [0.3, 0.4) is 0 Å². The molecule has 0 saturated carbocycles. The minimum absolute atomic E-state index is 0.00959. The van der Waals surface area contributed by atoms with Crippen LogP contribution in [0.1, 0.15) is 204 Å². The lowest BCUT2D eigenvalue weighted by atomic mass is 9.89. The molecule has 0 saturated heterocycles. The lowest BCUT2D eigenvalue weighted by Gasteiger charge is -2.34. The zero-order chi connectivity index (χ0) is 103. The van der Waals surface area contributed by atoms with E-state index in [4.69, 9.17) is 11.5 Å². The Hall–Kier alpha value is -13.8. The number of aromatic nitrogens is 1. The number of amides is 15. The standard InChI is InChI=1S/C97H136N18O23/c1-52(2)44-66-51-102-70(38-40-76(98)119)82(125)81(124)57(8)104-89(132)75(48-65-50-101-69-33-27-26-32-68(65)69)110-90(133)73(47-64-34-36-67(118)37-35-64)109-88(131)71(39-41-77(120)121)112-95(138)97(15,115-92(135)74(46-63-30-24-23-25-31-63)111-93(136)78(61(12)116)113-91(134)72(45-53(3)4)108-62(13)117)43-29-22-20-18-16-17-19-21-28-42-96(14,114-87(66)130)94(137)107-60(11)86(129)106-59(10)85(128)105-58(9)84(127)103-56(7)80(123)79(122)55(6)100-49-54(5)83(99)126/h23-27,30-37,50,52-61,66,70-75,78,100-102,116,118H,20-22,28-29,38-49,51H2,1-15H3,(H2,98,119)(H2,99,126)(H,103,127)(H,104,132)(H,105,128)(H,106,129)(H,107,137)(H,108,117)(H,109,131)(H,110,133)(H,111,136)(H,112,138)(H,113,134)(H,114,130)(H,115,135)(H,120,121)/t54-,55-,56-,57?,58?,59-,60?,61+,66+,70-,71-,72-,73?,74-,75-,78-,96-,97-/m0/s1. The number of benzene rings is 3. The Morgan fingerprint density at radius 3 is 1.67 bits per heavy atom. The second kappa shape index (κ2) is 55.4. The number of carboxylic acid groups (broad SMARTS) is 1. The molecule has 1 aliphatic heterocycles. The minimum atomic E-state index is -2.14. The second-order valence-electron chi connectivity index (χ2n) is 36.5. The maximum atomic E-state index is 15.5. The molecule has 0 bridgehead atoms. The third-order valence-electron chi connectivity index (χ3n) is 23.2. The third-order valence-corrected chi connectivity index (χ3v) is 23.2. The Balaban J connectivity index is 1.61. The summed E-state index contributed by atoms with van der Waals surface area (Å²) in [6, 6.07) is 0.724. The number of para-hydroxylation sites is 1. The molecule has 3 aromatic carbocycles. The van der Waals surface area contributed by atoms with Crippen LogP contribution in [0.15, 0.2) is 85.1 Å². The topological polar surface area (TPSA) is 650 Å². The predicted octanol–water partition coefficient (Wildman–Crippen LogP) is -0.592. The summed E-state index contributed by atoms with van der Waals surface area (Å²) in [5.41, 5.74) is 8.64. The quantitative estimate of drug-likeness (QED) is 0.0196. The van der Waals surface area contributed by atoms with E-state index in [1.807, 2.05) is 0 Å². The van der Waals surface area contributed by atoms with Crippen molar-refractivity contribution in [2.24, 2.45) is 35.1 Å². The van der Waals surface area contributed by atoms with Crippen LogP contribution in [0, 0.1) is 47.4 Å². The Morgan fingerprint density at radius 2 is 1.09 bits per heavy atom. The van der Waals surface area contributed by atoms with Crippen LogP contribution in [0.25, 0.3) is 10.9 Å². The van der Waals surface area contributed by atoms with E-state index in [0.717, 1.165) is 0 Å². The molecule has 41 nitrogen and oxygen atoms in total. The second-order valence-corrected chi connectivity index (χ2v) is 36.5. The first kappa shape index (κ1) is 115. The minimum Gasteiger partial charge on any atom is -0.508 e. The molecule has 41 heteroatoms. The largest absolute Gasteiger partial charge is 0.508 e. The summed E-state index contributed by atoms with van der Waals surface area (Å²) in [7, 11) is 0. The number of hydrogen-bond donors (Lipinski definition) is 21. The van der Waals surface area contributed by atoms with Crippen molar-refractivity contribution < 1.29 is 111 Å². The van der Waals surface area contributed by atoms with Gasteiger partial charge in [0.15, 0.2) is 0 Å². The van der Waals surface area contributed by atoms with Gasteiger partial charge in [0.1, 0.15) is 71.2 Å².